The third kappa shape index (κ3) is 3.57. The summed E-state index contributed by atoms with van der Waals surface area (Å²) in [6, 6.07) is -0.278. The number of amides is 1. The summed E-state index contributed by atoms with van der Waals surface area (Å²) in [5.41, 5.74) is -0.445. The highest BCUT2D eigenvalue weighted by Crippen LogP contribution is 2.34. The lowest BCUT2D eigenvalue weighted by Gasteiger charge is -2.41. The second-order valence-corrected chi connectivity index (χ2v) is 8.42. The summed E-state index contributed by atoms with van der Waals surface area (Å²) >= 11 is 0. The molecule has 2 atom stereocenters. The second-order valence-electron chi connectivity index (χ2n) is 6.19. The molecule has 1 amide bonds. The second kappa shape index (κ2) is 6.62. The normalized spacial score (nSPS) is 32.0. The first-order chi connectivity index (χ1) is 9.94. The average molecular weight is 318 g/mol. The molecule has 2 saturated heterocycles. The highest BCUT2D eigenvalue weighted by molar-refractivity contribution is 7.91. The minimum atomic E-state index is -3.04. The zero-order chi connectivity index (χ0) is 15.5. The van der Waals surface area contributed by atoms with Crippen molar-refractivity contribution in [2.24, 2.45) is 5.41 Å². The van der Waals surface area contributed by atoms with Crippen molar-refractivity contribution in [3.8, 4) is 0 Å². The summed E-state index contributed by atoms with van der Waals surface area (Å²) in [6.07, 6.45) is 3.01. The number of aliphatic hydroxyl groups is 1. The van der Waals surface area contributed by atoms with Crippen molar-refractivity contribution in [1.29, 1.82) is 0 Å². The first-order valence-corrected chi connectivity index (χ1v) is 9.59. The van der Waals surface area contributed by atoms with Crippen LogP contribution in [0.2, 0.25) is 0 Å². The molecule has 2 heterocycles. The zero-order valence-corrected chi connectivity index (χ0v) is 13.5. The Balaban J connectivity index is 2.18. The van der Waals surface area contributed by atoms with E-state index in [-0.39, 0.29) is 36.6 Å². The van der Waals surface area contributed by atoms with E-state index in [0.717, 1.165) is 25.8 Å². The van der Waals surface area contributed by atoms with Crippen LogP contribution in [0.25, 0.3) is 0 Å². The van der Waals surface area contributed by atoms with E-state index in [4.69, 9.17) is 0 Å². The van der Waals surface area contributed by atoms with Crippen LogP contribution in [0.15, 0.2) is 0 Å². The van der Waals surface area contributed by atoms with E-state index in [1.807, 2.05) is 6.92 Å². The van der Waals surface area contributed by atoms with Gasteiger partial charge in [-0.2, -0.15) is 0 Å². The van der Waals surface area contributed by atoms with Gasteiger partial charge < -0.3 is 15.3 Å². The molecule has 2 rings (SSSR count). The Morgan fingerprint density at radius 3 is 2.71 bits per heavy atom. The van der Waals surface area contributed by atoms with Gasteiger partial charge in [-0.05, 0) is 32.2 Å². The van der Waals surface area contributed by atoms with E-state index in [1.165, 1.54) is 0 Å². The van der Waals surface area contributed by atoms with Crippen LogP contribution in [0.4, 0.5) is 0 Å². The van der Waals surface area contributed by atoms with Gasteiger partial charge in [-0.15, -0.1) is 0 Å². The molecule has 2 aliphatic heterocycles. The highest BCUT2D eigenvalue weighted by atomic mass is 32.2. The van der Waals surface area contributed by atoms with Gasteiger partial charge in [0.25, 0.3) is 0 Å². The number of carbonyl (C=O) groups excluding carboxylic acids is 1. The quantitative estimate of drug-likeness (QED) is 0.731. The Bertz CT molecular complexity index is 471. The third-order valence-corrected chi connectivity index (χ3v) is 6.60. The number of rotatable bonds is 5. The van der Waals surface area contributed by atoms with Crippen molar-refractivity contribution in [3.05, 3.63) is 0 Å². The van der Waals surface area contributed by atoms with Crippen LogP contribution in [0.1, 0.15) is 32.6 Å². The van der Waals surface area contributed by atoms with Crippen molar-refractivity contribution >= 4 is 15.7 Å². The Labute approximate surface area is 126 Å². The highest BCUT2D eigenvalue weighted by Gasteiger charge is 2.44. The van der Waals surface area contributed by atoms with Crippen LogP contribution in [-0.2, 0) is 14.6 Å². The van der Waals surface area contributed by atoms with E-state index >= 15 is 0 Å². The lowest BCUT2D eigenvalue weighted by atomic mass is 9.76. The number of carbonyl (C=O) groups is 1. The van der Waals surface area contributed by atoms with Gasteiger partial charge >= 0.3 is 0 Å². The topological polar surface area (TPSA) is 86.7 Å². The van der Waals surface area contributed by atoms with E-state index in [0.29, 0.717) is 13.0 Å². The first-order valence-electron chi connectivity index (χ1n) is 7.77. The zero-order valence-electron chi connectivity index (χ0n) is 12.7. The first kappa shape index (κ1) is 16.7. The van der Waals surface area contributed by atoms with Crippen LogP contribution in [-0.4, -0.2) is 68.1 Å². The molecule has 6 nitrogen and oxygen atoms in total. The summed E-state index contributed by atoms with van der Waals surface area (Å²) in [5.74, 6) is 0.185. The maximum Gasteiger partial charge on any atom is 0.230 e. The average Bonchev–Trinajstić information content (AvgIpc) is 2.84. The predicted octanol–water partition coefficient (Wildman–Crippen LogP) is -0.226. The molecule has 0 radical (unpaired) electrons. The number of hydrogen-bond donors (Lipinski definition) is 2. The molecule has 2 aliphatic rings. The van der Waals surface area contributed by atoms with E-state index in [9.17, 15) is 18.3 Å². The van der Waals surface area contributed by atoms with Gasteiger partial charge in [0.2, 0.25) is 5.91 Å². The van der Waals surface area contributed by atoms with Crippen molar-refractivity contribution in [2.75, 3.05) is 37.7 Å². The molecule has 2 unspecified atom stereocenters. The minimum Gasteiger partial charge on any atom is -0.395 e. The van der Waals surface area contributed by atoms with Gasteiger partial charge in [0.15, 0.2) is 9.84 Å². The van der Waals surface area contributed by atoms with Gasteiger partial charge in [0.1, 0.15) is 0 Å². The largest absolute Gasteiger partial charge is 0.395 e. The minimum absolute atomic E-state index is 0.00773. The molecule has 0 spiro atoms. The van der Waals surface area contributed by atoms with Crippen molar-refractivity contribution in [1.82, 2.24) is 10.2 Å². The summed E-state index contributed by atoms with van der Waals surface area (Å²) in [6.45, 7) is 3.67. The molecule has 0 saturated carbocycles. The molecule has 122 valence electrons. The molecule has 0 bridgehead atoms. The standard InChI is InChI=1S/C14H26N2O4S/c1-2-14(5-3-6-15-11-14)13(18)16(7-8-17)12-4-9-21(19,20)10-12/h12,15,17H,2-11H2,1H3. The fraction of sp³-hybridized carbons (Fsp3) is 0.929. The van der Waals surface area contributed by atoms with Gasteiger partial charge in [-0.3, -0.25) is 4.79 Å². The van der Waals surface area contributed by atoms with Crippen LogP contribution in [0, 0.1) is 5.41 Å². The van der Waals surface area contributed by atoms with E-state index < -0.39 is 15.3 Å². The Morgan fingerprint density at radius 2 is 2.24 bits per heavy atom. The summed E-state index contributed by atoms with van der Waals surface area (Å²) < 4.78 is 23.4. The lowest BCUT2D eigenvalue weighted by Crippen LogP contribution is -2.55. The Hall–Kier alpha value is -0.660. The van der Waals surface area contributed by atoms with E-state index in [1.54, 1.807) is 4.90 Å². The van der Waals surface area contributed by atoms with Crippen LogP contribution in [0.5, 0.6) is 0 Å². The van der Waals surface area contributed by atoms with Gasteiger partial charge in [-0.1, -0.05) is 6.92 Å². The number of sulfone groups is 1. The maximum absolute atomic E-state index is 13.0. The molecule has 21 heavy (non-hydrogen) atoms. The van der Waals surface area contributed by atoms with Gasteiger partial charge in [0, 0.05) is 19.1 Å². The summed E-state index contributed by atoms with van der Waals surface area (Å²) in [4.78, 5) is 14.6. The van der Waals surface area contributed by atoms with Crippen LogP contribution in [0.3, 0.4) is 0 Å². The maximum atomic E-state index is 13.0. The summed E-state index contributed by atoms with van der Waals surface area (Å²) in [7, 11) is -3.04. The number of aliphatic hydroxyl groups excluding tert-OH is 1. The molecule has 0 aromatic heterocycles. The van der Waals surface area contributed by atoms with Crippen molar-refractivity contribution < 1.29 is 18.3 Å². The van der Waals surface area contributed by atoms with E-state index in [2.05, 4.69) is 5.32 Å². The molecule has 2 N–H and O–H groups in total. The lowest BCUT2D eigenvalue weighted by molar-refractivity contribution is -0.146. The van der Waals surface area contributed by atoms with Crippen molar-refractivity contribution in [3.63, 3.8) is 0 Å². The predicted molar refractivity (Wildman–Crippen MR) is 80.7 cm³/mol. The molecule has 7 heteroatoms. The van der Waals surface area contributed by atoms with Gasteiger partial charge in [-0.25, -0.2) is 8.42 Å². The molecule has 0 aromatic rings. The third-order valence-electron chi connectivity index (χ3n) is 4.85. The SMILES string of the molecule is CCC1(C(=O)N(CCO)C2CCS(=O)(=O)C2)CCCNC1. The number of nitrogens with zero attached hydrogens (tertiary/aromatic N) is 1. The number of piperidine rings is 1. The monoisotopic (exact) mass is 318 g/mol. The molecule has 2 fully saturated rings. The smallest absolute Gasteiger partial charge is 0.230 e. The Kier molecular flexibility index (Phi) is 5.27. The Morgan fingerprint density at radius 1 is 1.48 bits per heavy atom. The number of nitrogens with one attached hydrogen (secondary N) is 1. The van der Waals surface area contributed by atoms with Crippen molar-refractivity contribution in [2.45, 2.75) is 38.6 Å². The molecular formula is C14H26N2O4S. The molecular weight excluding hydrogens is 292 g/mol. The van der Waals surface area contributed by atoms with Crippen LogP contribution >= 0.6 is 0 Å². The fourth-order valence-electron chi connectivity index (χ4n) is 3.49. The molecule has 0 aromatic carbocycles. The fourth-order valence-corrected chi connectivity index (χ4v) is 5.22. The molecule has 0 aliphatic carbocycles. The number of hydrogen-bond acceptors (Lipinski definition) is 5. The van der Waals surface area contributed by atoms with Crippen LogP contribution < -0.4 is 5.32 Å². The summed E-state index contributed by atoms with van der Waals surface area (Å²) in [5, 5.41) is 12.6. The van der Waals surface area contributed by atoms with Gasteiger partial charge in [0.05, 0.1) is 23.5 Å².